The average Bonchev–Trinajstić information content (AvgIpc) is 2.92. The van der Waals surface area contributed by atoms with E-state index in [9.17, 15) is 9.90 Å². The fourth-order valence-electron chi connectivity index (χ4n) is 2.22. The van der Waals surface area contributed by atoms with E-state index in [1.54, 1.807) is 30.6 Å². The van der Waals surface area contributed by atoms with E-state index >= 15 is 0 Å². The van der Waals surface area contributed by atoms with E-state index in [1.807, 2.05) is 6.92 Å². The number of H-pyrrole nitrogens is 1. The molecular weight excluding hydrogens is 278 g/mol. The van der Waals surface area contributed by atoms with Crippen LogP contribution in [0.2, 0.25) is 5.02 Å². The summed E-state index contributed by atoms with van der Waals surface area (Å²) >= 11 is 6.13. The first-order valence-corrected chi connectivity index (χ1v) is 6.57. The van der Waals surface area contributed by atoms with Crippen LogP contribution >= 0.6 is 11.6 Å². The van der Waals surface area contributed by atoms with Crippen LogP contribution in [0.1, 0.15) is 12.5 Å². The molecule has 0 amide bonds. The Morgan fingerprint density at radius 3 is 2.90 bits per heavy atom. The molecule has 5 nitrogen and oxygen atoms in total. The molecule has 0 spiro atoms. The summed E-state index contributed by atoms with van der Waals surface area (Å²) in [6, 6.07) is 5.13. The SMILES string of the molecule is CCc1cc2c(O)c(-n3cccn3)c(=O)[nH]c2cc1Cl. The van der Waals surface area contributed by atoms with Gasteiger partial charge in [-0.1, -0.05) is 18.5 Å². The molecule has 0 atom stereocenters. The highest BCUT2D eigenvalue weighted by Crippen LogP contribution is 2.31. The summed E-state index contributed by atoms with van der Waals surface area (Å²) in [4.78, 5) is 14.8. The van der Waals surface area contributed by atoms with Gasteiger partial charge >= 0.3 is 0 Å². The van der Waals surface area contributed by atoms with Crippen molar-refractivity contribution in [3.8, 4) is 11.4 Å². The number of nitrogens with one attached hydrogen (secondary N) is 1. The highest BCUT2D eigenvalue weighted by atomic mass is 35.5. The van der Waals surface area contributed by atoms with Crippen LogP contribution in [-0.2, 0) is 6.42 Å². The van der Waals surface area contributed by atoms with Gasteiger partial charge in [0.15, 0.2) is 11.4 Å². The Bertz CT molecular complexity index is 838. The van der Waals surface area contributed by atoms with E-state index < -0.39 is 5.56 Å². The molecule has 1 aromatic carbocycles. The van der Waals surface area contributed by atoms with Gasteiger partial charge in [-0.05, 0) is 30.2 Å². The lowest BCUT2D eigenvalue weighted by Crippen LogP contribution is -2.15. The van der Waals surface area contributed by atoms with E-state index in [0.29, 0.717) is 15.9 Å². The smallest absolute Gasteiger partial charge is 0.278 e. The van der Waals surface area contributed by atoms with Crippen LogP contribution in [-0.4, -0.2) is 19.9 Å². The molecule has 20 heavy (non-hydrogen) atoms. The first-order valence-electron chi connectivity index (χ1n) is 6.19. The first-order chi connectivity index (χ1) is 9.61. The summed E-state index contributed by atoms with van der Waals surface area (Å²) in [6.07, 6.45) is 3.89. The number of halogens is 1. The Kier molecular flexibility index (Phi) is 2.99. The minimum atomic E-state index is -0.418. The molecule has 0 aliphatic rings. The summed E-state index contributed by atoms with van der Waals surface area (Å²) in [7, 11) is 0. The standard InChI is InChI=1S/C14H12ClN3O2/c1-2-8-6-9-11(7-10(8)15)17-14(20)12(13(9)19)18-5-3-4-16-18/h3-7H,2H2,1H3,(H2,17,19,20). The van der Waals surface area contributed by atoms with Crippen LogP contribution in [0.5, 0.6) is 5.75 Å². The second kappa shape index (κ2) is 4.68. The normalized spacial score (nSPS) is 11.1. The van der Waals surface area contributed by atoms with Gasteiger partial charge in [-0.2, -0.15) is 5.10 Å². The van der Waals surface area contributed by atoms with Gasteiger partial charge in [-0.15, -0.1) is 0 Å². The molecule has 102 valence electrons. The fraction of sp³-hybridized carbons (Fsp3) is 0.143. The van der Waals surface area contributed by atoms with E-state index in [1.165, 1.54) is 4.68 Å². The van der Waals surface area contributed by atoms with Crippen molar-refractivity contribution in [3.05, 3.63) is 51.5 Å². The first kappa shape index (κ1) is 12.7. The second-order valence-corrected chi connectivity index (χ2v) is 4.85. The van der Waals surface area contributed by atoms with E-state index in [4.69, 9.17) is 11.6 Å². The Balaban J connectivity index is 2.39. The molecule has 0 fully saturated rings. The predicted octanol–water partition coefficient (Wildman–Crippen LogP) is 2.64. The molecule has 0 saturated carbocycles. The van der Waals surface area contributed by atoms with Gasteiger partial charge in [0.25, 0.3) is 5.56 Å². The Labute approximate surface area is 119 Å². The summed E-state index contributed by atoms with van der Waals surface area (Å²) < 4.78 is 1.34. The molecule has 2 N–H and O–H groups in total. The number of fused-ring (bicyclic) bond motifs is 1. The predicted molar refractivity (Wildman–Crippen MR) is 77.7 cm³/mol. The van der Waals surface area contributed by atoms with Crippen LogP contribution in [0.15, 0.2) is 35.4 Å². The largest absolute Gasteiger partial charge is 0.505 e. The molecule has 0 bridgehead atoms. The maximum Gasteiger partial charge on any atom is 0.278 e. The van der Waals surface area contributed by atoms with Crippen LogP contribution in [0.25, 0.3) is 16.6 Å². The van der Waals surface area contributed by atoms with Crippen molar-refractivity contribution in [2.45, 2.75) is 13.3 Å². The zero-order valence-corrected chi connectivity index (χ0v) is 11.5. The molecule has 2 aromatic heterocycles. The Morgan fingerprint density at radius 2 is 2.25 bits per heavy atom. The summed E-state index contributed by atoms with van der Waals surface area (Å²) in [5, 5.41) is 15.5. The lowest BCUT2D eigenvalue weighted by atomic mass is 10.1. The maximum absolute atomic E-state index is 12.1. The number of rotatable bonds is 2. The van der Waals surface area contributed by atoms with Crippen molar-refractivity contribution >= 4 is 22.5 Å². The highest BCUT2D eigenvalue weighted by molar-refractivity contribution is 6.32. The molecule has 2 heterocycles. The molecule has 3 rings (SSSR count). The maximum atomic E-state index is 12.1. The third-order valence-electron chi connectivity index (χ3n) is 3.24. The van der Waals surface area contributed by atoms with Crippen molar-refractivity contribution in [1.82, 2.24) is 14.8 Å². The monoisotopic (exact) mass is 289 g/mol. The lowest BCUT2D eigenvalue weighted by Gasteiger charge is -2.09. The van der Waals surface area contributed by atoms with E-state index in [-0.39, 0.29) is 11.4 Å². The number of aromatic hydroxyl groups is 1. The molecule has 0 unspecified atom stereocenters. The second-order valence-electron chi connectivity index (χ2n) is 4.44. The van der Waals surface area contributed by atoms with Gasteiger partial charge < -0.3 is 10.1 Å². The zero-order valence-electron chi connectivity index (χ0n) is 10.7. The summed E-state index contributed by atoms with van der Waals surface area (Å²) in [5.41, 5.74) is 1.10. The van der Waals surface area contributed by atoms with Crippen molar-refractivity contribution in [1.29, 1.82) is 0 Å². The number of nitrogens with zero attached hydrogens (tertiary/aromatic N) is 2. The van der Waals surface area contributed by atoms with Gasteiger partial charge in [-0.25, -0.2) is 4.68 Å². The van der Waals surface area contributed by atoms with Gasteiger partial charge in [0.1, 0.15) is 0 Å². The van der Waals surface area contributed by atoms with Crippen LogP contribution in [0, 0.1) is 0 Å². The molecule has 0 aliphatic carbocycles. The van der Waals surface area contributed by atoms with Gasteiger partial charge in [-0.3, -0.25) is 4.79 Å². The topological polar surface area (TPSA) is 70.9 Å². The zero-order chi connectivity index (χ0) is 14.3. The van der Waals surface area contributed by atoms with Crippen LogP contribution in [0.3, 0.4) is 0 Å². The van der Waals surface area contributed by atoms with Gasteiger partial charge in [0.2, 0.25) is 0 Å². The van der Waals surface area contributed by atoms with Crippen LogP contribution in [0.4, 0.5) is 0 Å². The molecule has 6 heteroatoms. The van der Waals surface area contributed by atoms with Crippen molar-refractivity contribution in [3.63, 3.8) is 0 Å². The van der Waals surface area contributed by atoms with E-state index in [0.717, 1.165) is 12.0 Å². The number of aromatic amines is 1. The third kappa shape index (κ3) is 1.87. The molecule has 3 aromatic rings. The number of benzene rings is 1. The molecule has 0 saturated heterocycles. The molecular formula is C14H12ClN3O2. The third-order valence-corrected chi connectivity index (χ3v) is 3.60. The number of aryl methyl sites for hydroxylation is 1. The number of hydrogen-bond donors (Lipinski definition) is 2. The fourth-order valence-corrected chi connectivity index (χ4v) is 2.52. The van der Waals surface area contributed by atoms with Gasteiger partial charge in [0.05, 0.1) is 5.52 Å². The average molecular weight is 290 g/mol. The minimum Gasteiger partial charge on any atom is -0.505 e. The van der Waals surface area contributed by atoms with Crippen LogP contribution < -0.4 is 5.56 Å². The number of hydrogen-bond acceptors (Lipinski definition) is 3. The van der Waals surface area contributed by atoms with Crippen molar-refractivity contribution in [2.24, 2.45) is 0 Å². The van der Waals surface area contributed by atoms with Crippen molar-refractivity contribution in [2.75, 3.05) is 0 Å². The number of aromatic nitrogens is 3. The molecule has 0 radical (unpaired) electrons. The Morgan fingerprint density at radius 1 is 1.45 bits per heavy atom. The van der Waals surface area contributed by atoms with Crippen molar-refractivity contribution < 1.29 is 5.11 Å². The molecule has 0 aliphatic heterocycles. The highest BCUT2D eigenvalue weighted by Gasteiger charge is 2.15. The Hall–Kier alpha value is -2.27. The number of pyridine rings is 1. The quantitative estimate of drug-likeness (QED) is 0.762. The van der Waals surface area contributed by atoms with Gasteiger partial charge in [0, 0.05) is 22.8 Å². The summed E-state index contributed by atoms with van der Waals surface area (Å²) in [5.74, 6) is -0.0983. The lowest BCUT2D eigenvalue weighted by molar-refractivity contribution is 0.475. The van der Waals surface area contributed by atoms with E-state index in [2.05, 4.69) is 10.1 Å². The minimum absolute atomic E-state index is 0.0983. The summed E-state index contributed by atoms with van der Waals surface area (Å²) in [6.45, 7) is 1.98.